The molecule has 2 heterocycles. The molecule has 1 aliphatic heterocycles. The van der Waals surface area contributed by atoms with Crippen molar-refractivity contribution in [1.29, 1.82) is 0 Å². The molecule has 6 heteroatoms. The summed E-state index contributed by atoms with van der Waals surface area (Å²) in [6, 6.07) is 13.5. The van der Waals surface area contributed by atoms with Gasteiger partial charge in [-0.3, -0.25) is 9.78 Å². The molecule has 1 N–H and O–H groups in total. The van der Waals surface area contributed by atoms with Crippen LogP contribution in [0, 0.1) is 0 Å². The first kappa shape index (κ1) is 21.2. The Bertz CT molecular complexity index is 686. The van der Waals surface area contributed by atoms with Gasteiger partial charge in [0.15, 0.2) is 0 Å². The number of carbonyl (C=O) groups excluding carboxylic acids is 1. The second kappa shape index (κ2) is 10.9. The molecule has 3 rings (SSSR count). The lowest BCUT2D eigenvalue weighted by Crippen LogP contribution is -2.40. The third-order valence-corrected chi connectivity index (χ3v) is 4.72. The fraction of sp³-hybridized carbons (Fsp3) is 0.429. The summed E-state index contributed by atoms with van der Waals surface area (Å²) in [5.74, 6) is 0.851. The maximum Gasteiger partial charge on any atom is 0.254 e. The number of rotatable bonds is 6. The smallest absolute Gasteiger partial charge is 0.254 e. The zero-order valence-electron chi connectivity index (χ0n) is 15.8. The van der Waals surface area contributed by atoms with Gasteiger partial charge in [-0.15, -0.1) is 12.4 Å². The molecule has 1 aromatic carbocycles. The van der Waals surface area contributed by atoms with Gasteiger partial charge in [0, 0.05) is 17.8 Å². The van der Waals surface area contributed by atoms with Crippen LogP contribution >= 0.6 is 12.4 Å². The van der Waals surface area contributed by atoms with E-state index in [4.69, 9.17) is 4.74 Å². The lowest BCUT2D eigenvalue weighted by atomic mass is 10.0. The molecule has 0 bridgehead atoms. The fourth-order valence-electron chi connectivity index (χ4n) is 3.37. The Labute approximate surface area is 167 Å². The van der Waals surface area contributed by atoms with E-state index in [0.717, 1.165) is 43.8 Å². The van der Waals surface area contributed by atoms with Crippen molar-refractivity contribution in [3.8, 4) is 5.75 Å². The molecular formula is C21H28ClN3O2. The van der Waals surface area contributed by atoms with Crippen LogP contribution in [-0.2, 0) is 6.54 Å². The minimum atomic E-state index is 0. The van der Waals surface area contributed by atoms with Crippen LogP contribution < -0.4 is 10.1 Å². The highest BCUT2D eigenvalue weighted by atomic mass is 35.5. The number of carbonyl (C=O) groups is 1. The highest BCUT2D eigenvalue weighted by Crippen LogP contribution is 2.21. The van der Waals surface area contributed by atoms with Crippen molar-refractivity contribution in [2.75, 3.05) is 19.7 Å². The number of ether oxygens (including phenoxy) is 1. The zero-order chi connectivity index (χ0) is 18.2. The quantitative estimate of drug-likeness (QED) is 0.818. The lowest BCUT2D eigenvalue weighted by molar-refractivity contribution is 0.0642. The maximum absolute atomic E-state index is 13.3. The van der Waals surface area contributed by atoms with Crippen molar-refractivity contribution < 1.29 is 9.53 Å². The summed E-state index contributed by atoms with van der Waals surface area (Å²) in [6.07, 6.45) is 4.85. The molecule has 0 radical (unpaired) electrons. The average Bonchev–Trinajstić information content (AvgIpc) is 2.97. The summed E-state index contributed by atoms with van der Waals surface area (Å²) in [7, 11) is 0. The number of pyridine rings is 1. The lowest BCUT2D eigenvalue weighted by Gasteiger charge is -2.31. The molecule has 1 aliphatic rings. The third-order valence-electron chi connectivity index (χ3n) is 4.72. The molecule has 5 nitrogen and oxygen atoms in total. The second-order valence-corrected chi connectivity index (χ2v) is 6.55. The number of nitrogens with zero attached hydrogens (tertiary/aromatic N) is 2. The number of hydrogen-bond acceptors (Lipinski definition) is 4. The van der Waals surface area contributed by atoms with E-state index in [0.29, 0.717) is 18.7 Å². The summed E-state index contributed by atoms with van der Waals surface area (Å²) in [5.41, 5.74) is 1.62. The van der Waals surface area contributed by atoms with Crippen molar-refractivity contribution >= 4 is 18.3 Å². The standard InChI is InChI=1S/C21H27N3O2.ClH/c1-2-26-20-10-8-17(9-11-20)21(25)24(16-18-6-3-4-14-23-18)19-7-5-13-22-15-12-19;/h3-4,6,8-11,14,19,22H,2,5,7,12-13,15-16H2,1H3;1H. The summed E-state index contributed by atoms with van der Waals surface area (Å²) in [5, 5.41) is 3.43. The Morgan fingerprint density at radius 2 is 2.00 bits per heavy atom. The van der Waals surface area contributed by atoms with Crippen LogP contribution in [-0.4, -0.2) is 41.5 Å². The Morgan fingerprint density at radius 1 is 1.19 bits per heavy atom. The first-order chi connectivity index (χ1) is 12.8. The normalized spacial score (nSPS) is 16.7. The predicted octanol–water partition coefficient (Wildman–Crippen LogP) is 3.69. The summed E-state index contributed by atoms with van der Waals surface area (Å²) in [6.45, 7) is 5.07. The van der Waals surface area contributed by atoms with Crippen LogP contribution in [0.25, 0.3) is 0 Å². The van der Waals surface area contributed by atoms with Gasteiger partial charge in [-0.25, -0.2) is 0 Å². The Kier molecular flexibility index (Phi) is 8.55. The molecule has 1 fully saturated rings. The van der Waals surface area contributed by atoms with Gasteiger partial charge in [-0.2, -0.15) is 0 Å². The van der Waals surface area contributed by atoms with Gasteiger partial charge in [0.1, 0.15) is 5.75 Å². The number of nitrogens with one attached hydrogen (secondary N) is 1. The predicted molar refractivity (Wildman–Crippen MR) is 109 cm³/mol. The van der Waals surface area contributed by atoms with Crippen LogP contribution in [0.1, 0.15) is 42.2 Å². The van der Waals surface area contributed by atoms with Gasteiger partial charge < -0.3 is 15.0 Å². The van der Waals surface area contributed by atoms with E-state index in [1.807, 2.05) is 54.3 Å². The van der Waals surface area contributed by atoms with Crippen LogP contribution in [0.15, 0.2) is 48.7 Å². The molecule has 146 valence electrons. The maximum atomic E-state index is 13.3. The summed E-state index contributed by atoms with van der Waals surface area (Å²) < 4.78 is 5.49. The topological polar surface area (TPSA) is 54.5 Å². The van der Waals surface area contributed by atoms with E-state index in [1.54, 1.807) is 6.20 Å². The summed E-state index contributed by atoms with van der Waals surface area (Å²) >= 11 is 0. The van der Waals surface area contributed by atoms with Crippen LogP contribution in [0.2, 0.25) is 0 Å². The monoisotopic (exact) mass is 389 g/mol. The van der Waals surface area contributed by atoms with E-state index >= 15 is 0 Å². The first-order valence-electron chi connectivity index (χ1n) is 9.42. The number of benzene rings is 1. The van der Waals surface area contributed by atoms with E-state index in [-0.39, 0.29) is 24.4 Å². The molecule has 0 saturated carbocycles. The largest absolute Gasteiger partial charge is 0.494 e. The number of hydrogen-bond donors (Lipinski definition) is 1. The molecule has 1 amide bonds. The van der Waals surface area contributed by atoms with E-state index in [2.05, 4.69) is 10.3 Å². The van der Waals surface area contributed by atoms with E-state index in [9.17, 15) is 4.79 Å². The van der Waals surface area contributed by atoms with Crippen LogP contribution in [0.4, 0.5) is 0 Å². The fourth-order valence-corrected chi connectivity index (χ4v) is 3.37. The van der Waals surface area contributed by atoms with Gasteiger partial charge in [0.25, 0.3) is 5.91 Å². The summed E-state index contributed by atoms with van der Waals surface area (Å²) in [4.78, 5) is 19.7. The number of halogens is 1. The van der Waals surface area contributed by atoms with Crippen LogP contribution in [0.3, 0.4) is 0 Å². The molecule has 1 saturated heterocycles. The Morgan fingerprint density at radius 3 is 2.70 bits per heavy atom. The molecule has 27 heavy (non-hydrogen) atoms. The molecular weight excluding hydrogens is 362 g/mol. The first-order valence-corrected chi connectivity index (χ1v) is 9.42. The Balaban J connectivity index is 0.00000261. The molecule has 1 unspecified atom stereocenters. The highest BCUT2D eigenvalue weighted by Gasteiger charge is 2.26. The van der Waals surface area contributed by atoms with E-state index < -0.39 is 0 Å². The van der Waals surface area contributed by atoms with Gasteiger partial charge in [0.05, 0.1) is 18.8 Å². The van der Waals surface area contributed by atoms with Crippen molar-refractivity contribution in [2.45, 2.75) is 38.8 Å². The van der Waals surface area contributed by atoms with Crippen molar-refractivity contribution in [3.05, 3.63) is 59.9 Å². The SMILES string of the molecule is CCOc1ccc(C(=O)N(Cc2ccccn2)C2CCCNCC2)cc1.Cl. The van der Waals surface area contributed by atoms with E-state index in [1.165, 1.54) is 0 Å². The van der Waals surface area contributed by atoms with Gasteiger partial charge >= 0.3 is 0 Å². The molecule has 1 atom stereocenters. The van der Waals surface area contributed by atoms with Crippen molar-refractivity contribution in [1.82, 2.24) is 15.2 Å². The van der Waals surface area contributed by atoms with Crippen molar-refractivity contribution in [3.63, 3.8) is 0 Å². The third kappa shape index (κ3) is 5.94. The number of amides is 1. The van der Waals surface area contributed by atoms with Gasteiger partial charge in [-0.05, 0) is 75.7 Å². The zero-order valence-corrected chi connectivity index (χ0v) is 16.6. The molecule has 2 aromatic rings. The second-order valence-electron chi connectivity index (χ2n) is 6.55. The highest BCUT2D eigenvalue weighted by molar-refractivity contribution is 5.94. The molecule has 1 aromatic heterocycles. The van der Waals surface area contributed by atoms with Gasteiger partial charge in [-0.1, -0.05) is 6.07 Å². The van der Waals surface area contributed by atoms with Gasteiger partial charge in [0.2, 0.25) is 0 Å². The number of aromatic nitrogens is 1. The average molecular weight is 390 g/mol. The van der Waals surface area contributed by atoms with Crippen molar-refractivity contribution in [2.24, 2.45) is 0 Å². The van der Waals surface area contributed by atoms with Crippen LogP contribution in [0.5, 0.6) is 5.75 Å². The Hall–Kier alpha value is -2.11. The molecule has 0 spiro atoms. The minimum Gasteiger partial charge on any atom is -0.494 e. The minimum absolute atomic E-state index is 0. The molecule has 0 aliphatic carbocycles.